The van der Waals surface area contributed by atoms with Gasteiger partial charge < -0.3 is 11.1 Å². The van der Waals surface area contributed by atoms with Crippen molar-refractivity contribution >= 4 is 11.6 Å². The molecule has 0 fully saturated rings. The van der Waals surface area contributed by atoms with Crippen LogP contribution in [0.3, 0.4) is 0 Å². The van der Waals surface area contributed by atoms with Gasteiger partial charge in [0.1, 0.15) is 5.82 Å². The molecule has 0 bridgehead atoms. The number of carbonyl (C=O) groups excluding carboxylic acids is 1. The Kier molecular flexibility index (Phi) is 7.05. The summed E-state index contributed by atoms with van der Waals surface area (Å²) in [7, 11) is 0. The minimum atomic E-state index is -0.534. The molecule has 20 heavy (non-hydrogen) atoms. The third-order valence-corrected chi connectivity index (χ3v) is 3.23. The summed E-state index contributed by atoms with van der Waals surface area (Å²) in [5, 5.41) is 2.73. The monoisotopic (exact) mass is 280 g/mol. The molecule has 0 spiro atoms. The van der Waals surface area contributed by atoms with Crippen LogP contribution in [0.15, 0.2) is 18.2 Å². The van der Waals surface area contributed by atoms with E-state index in [-0.39, 0.29) is 5.56 Å². The topological polar surface area (TPSA) is 55.1 Å². The summed E-state index contributed by atoms with van der Waals surface area (Å²) in [5.41, 5.74) is 5.96. The zero-order chi connectivity index (χ0) is 15.0. The highest BCUT2D eigenvalue weighted by Crippen LogP contribution is 2.12. The highest BCUT2D eigenvalue weighted by Gasteiger charge is 2.11. The van der Waals surface area contributed by atoms with E-state index in [1.54, 1.807) is 0 Å². The van der Waals surface area contributed by atoms with Crippen LogP contribution in [-0.2, 0) is 0 Å². The van der Waals surface area contributed by atoms with Gasteiger partial charge in [0, 0.05) is 12.2 Å². The smallest absolute Gasteiger partial charge is 0.254 e. The normalized spacial score (nSPS) is 10.8. The lowest BCUT2D eigenvalue weighted by Crippen LogP contribution is -2.25. The third kappa shape index (κ3) is 6.04. The molecule has 1 aromatic rings. The molecule has 0 aromatic heterocycles. The van der Waals surface area contributed by atoms with Crippen LogP contribution in [0.1, 0.15) is 56.3 Å². The first-order chi connectivity index (χ1) is 9.50. The van der Waals surface area contributed by atoms with Crippen LogP contribution < -0.4 is 11.1 Å². The molecule has 3 N–H and O–H groups in total. The van der Waals surface area contributed by atoms with Crippen molar-refractivity contribution in [2.75, 3.05) is 12.3 Å². The molecule has 4 heteroatoms. The number of nitrogen functional groups attached to an aromatic ring is 1. The lowest BCUT2D eigenvalue weighted by Gasteiger charge is -2.07. The summed E-state index contributed by atoms with van der Waals surface area (Å²) in [6, 6.07) is 4.03. The average molecular weight is 280 g/mol. The summed E-state index contributed by atoms with van der Waals surface area (Å²) in [4.78, 5) is 11.8. The van der Waals surface area contributed by atoms with Gasteiger partial charge in [-0.15, -0.1) is 0 Å². The predicted octanol–water partition coefficient (Wildman–Crippen LogP) is 3.74. The molecule has 0 atom stereocenters. The van der Waals surface area contributed by atoms with Gasteiger partial charge in [0.2, 0.25) is 0 Å². The van der Waals surface area contributed by atoms with Crippen molar-refractivity contribution < 1.29 is 9.18 Å². The molecular formula is C16H25FN2O. The van der Waals surface area contributed by atoms with Crippen LogP contribution in [0, 0.1) is 11.7 Å². The Morgan fingerprint density at radius 2 is 1.95 bits per heavy atom. The number of hydrogen-bond acceptors (Lipinski definition) is 2. The van der Waals surface area contributed by atoms with E-state index in [0.717, 1.165) is 18.8 Å². The van der Waals surface area contributed by atoms with Gasteiger partial charge in [0.25, 0.3) is 5.91 Å². The maximum Gasteiger partial charge on any atom is 0.254 e. The maximum atomic E-state index is 13.5. The Bertz CT molecular complexity index is 432. The Morgan fingerprint density at radius 3 is 2.65 bits per heavy atom. The number of unbranched alkanes of at least 4 members (excludes halogenated alkanes) is 3. The summed E-state index contributed by atoms with van der Waals surface area (Å²) in [5.74, 6) is -0.174. The number of anilines is 1. The van der Waals surface area contributed by atoms with Crippen LogP contribution in [0.2, 0.25) is 0 Å². The van der Waals surface area contributed by atoms with Gasteiger partial charge in [-0.25, -0.2) is 4.39 Å². The fraction of sp³-hybridized carbons (Fsp3) is 0.562. The summed E-state index contributed by atoms with van der Waals surface area (Å²) in [6.07, 6.45) is 5.68. The molecule has 0 saturated carbocycles. The van der Waals surface area contributed by atoms with E-state index in [1.807, 2.05) is 0 Å². The first kappa shape index (κ1) is 16.5. The number of nitrogens with two attached hydrogens (primary N) is 1. The number of halogens is 1. The molecule has 0 unspecified atom stereocenters. The van der Waals surface area contributed by atoms with Gasteiger partial charge >= 0.3 is 0 Å². The van der Waals surface area contributed by atoms with Gasteiger partial charge in [-0.05, 0) is 30.5 Å². The van der Waals surface area contributed by atoms with E-state index in [1.165, 1.54) is 37.5 Å². The second kappa shape index (κ2) is 8.56. The van der Waals surface area contributed by atoms with Crippen molar-refractivity contribution in [3.05, 3.63) is 29.6 Å². The minimum Gasteiger partial charge on any atom is -0.399 e. The fourth-order valence-corrected chi connectivity index (χ4v) is 2.05. The van der Waals surface area contributed by atoms with Crippen molar-refractivity contribution in [2.45, 2.75) is 46.0 Å². The first-order valence-electron chi connectivity index (χ1n) is 7.34. The third-order valence-electron chi connectivity index (χ3n) is 3.23. The van der Waals surface area contributed by atoms with E-state index in [0.29, 0.717) is 12.2 Å². The zero-order valence-electron chi connectivity index (χ0n) is 12.4. The lowest BCUT2D eigenvalue weighted by molar-refractivity contribution is 0.0949. The Balaban J connectivity index is 2.22. The number of amides is 1. The molecule has 0 aliphatic rings. The molecule has 0 aliphatic heterocycles. The van der Waals surface area contributed by atoms with Gasteiger partial charge in [-0.2, -0.15) is 0 Å². The molecule has 1 rings (SSSR count). The number of carbonyl (C=O) groups is 1. The summed E-state index contributed by atoms with van der Waals surface area (Å²) < 4.78 is 13.5. The van der Waals surface area contributed by atoms with Gasteiger partial charge in [-0.1, -0.05) is 39.5 Å². The Morgan fingerprint density at radius 1 is 1.25 bits per heavy atom. The van der Waals surface area contributed by atoms with E-state index >= 15 is 0 Å². The van der Waals surface area contributed by atoms with E-state index in [4.69, 9.17) is 5.73 Å². The van der Waals surface area contributed by atoms with Crippen molar-refractivity contribution in [3.63, 3.8) is 0 Å². The fourth-order valence-electron chi connectivity index (χ4n) is 2.05. The van der Waals surface area contributed by atoms with Crippen molar-refractivity contribution in [3.8, 4) is 0 Å². The Hall–Kier alpha value is -1.58. The molecule has 3 nitrogen and oxygen atoms in total. The molecule has 0 saturated heterocycles. The molecule has 1 amide bonds. The number of hydrogen-bond donors (Lipinski definition) is 2. The zero-order valence-corrected chi connectivity index (χ0v) is 12.4. The van der Waals surface area contributed by atoms with E-state index in [9.17, 15) is 9.18 Å². The molecule has 0 radical (unpaired) electrons. The average Bonchev–Trinajstić information content (AvgIpc) is 2.39. The molecule has 1 aromatic carbocycles. The molecule has 0 heterocycles. The van der Waals surface area contributed by atoms with Crippen LogP contribution in [0.25, 0.3) is 0 Å². The van der Waals surface area contributed by atoms with Gasteiger partial charge in [-0.3, -0.25) is 4.79 Å². The van der Waals surface area contributed by atoms with Crippen LogP contribution >= 0.6 is 0 Å². The quantitative estimate of drug-likeness (QED) is 0.563. The van der Waals surface area contributed by atoms with Crippen molar-refractivity contribution in [1.29, 1.82) is 0 Å². The Labute approximate surface area is 120 Å². The van der Waals surface area contributed by atoms with Crippen molar-refractivity contribution in [1.82, 2.24) is 5.32 Å². The number of rotatable bonds is 8. The van der Waals surface area contributed by atoms with E-state index < -0.39 is 11.7 Å². The van der Waals surface area contributed by atoms with Crippen LogP contribution in [0.4, 0.5) is 10.1 Å². The van der Waals surface area contributed by atoms with Gasteiger partial charge in [0.15, 0.2) is 0 Å². The highest BCUT2D eigenvalue weighted by atomic mass is 19.1. The van der Waals surface area contributed by atoms with E-state index in [2.05, 4.69) is 19.2 Å². The highest BCUT2D eigenvalue weighted by molar-refractivity contribution is 5.95. The summed E-state index contributed by atoms with van der Waals surface area (Å²) in [6.45, 7) is 5.02. The largest absolute Gasteiger partial charge is 0.399 e. The first-order valence-corrected chi connectivity index (χ1v) is 7.34. The standard InChI is InChI=1S/C16H25FN2O/c1-12(2)7-5-3-4-6-10-19-16(20)14-11-13(18)8-9-15(14)17/h8-9,11-12H,3-7,10,18H2,1-2H3,(H,19,20). The maximum absolute atomic E-state index is 13.5. The van der Waals surface area contributed by atoms with Crippen LogP contribution in [0.5, 0.6) is 0 Å². The summed E-state index contributed by atoms with van der Waals surface area (Å²) >= 11 is 0. The van der Waals surface area contributed by atoms with Gasteiger partial charge in [0.05, 0.1) is 5.56 Å². The van der Waals surface area contributed by atoms with Crippen LogP contribution in [-0.4, -0.2) is 12.5 Å². The minimum absolute atomic E-state index is 0.0183. The lowest BCUT2D eigenvalue weighted by atomic mass is 10.0. The second-order valence-electron chi connectivity index (χ2n) is 5.59. The molecule has 112 valence electrons. The molecule has 0 aliphatic carbocycles. The SMILES string of the molecule is CC(C)CCCCCCNC(=O)c1cc(N)ccc1F. The van der Waals surface area contributed by atoms with Crippen molar-refractivity contribution in [2.24, 2.45) is 5.92 Å². The predicted molar refractivity (Wildman–Crippen MR) is 81.1 cm³/mol. The molecular weight excluding hydrogens is 255 g/mol. The number of nitrogens with one attached hydrogen (secondary N) is 1. The number of benzene rings is 1. The second-order valence-corrected chi connectivity index (χ2v) is 5.59.